The summed E-state index contributed by atoms with van der Waals surface area (Å²) < 4.78 is 6.63. The molecular formula is C20H16N2O4S. The second kappa shape index (κ2) is 6.94. The Labute approximate surface area is 158 Å². The van der Waals surface area contributed by atoms with Crippen LogP contribution in [0.4, 0.5) is 0 Å². The van der Waals surface area contributed by atoms with Crippen molar-refractivity contribution in [2.75, 3.05) is 13.6 Å². The summed E-state index contributed by atoms with van der Waals surface area (Å²) in [4.78, 5) is 29.7. The normalized spacial score (nSPS) is 11.5. The van der Waals surface area contributed by atoms with Crippen molar-refractivity contribution in [1.82, 2.24) is 9.88 Å². The van der Waals surface area contributed by atoms with Crippen LogP contribution in [0, 0.1) is 0 Å². The minimum Gasteiger partial charge on any atom is -0.480 e. The molecule has 0 spiro atoms. The zero-order valence-electron chi connectivity index (χ0n) is 14.5. The minimum absolute atomic E-state index is 0.0928. The van der Waals surface area contributed by atoms with Gasteiger partial charge in [-0.25, -0.2) is 9.78 Å². The van der Waals surface area contributed by atoms with Crippen molar-refractivity contribution < 1.29 is 14.3 Å². The second-order valence-electron chi connectivity index (χ2n) is 6.34. The molecule has 0 amide bonds. The highest BCUT2D eigenvalue weighted by molar-refractivity contribution is 7.21. The van der Waals surface area contributed by atoms with Crippen LogP contribution in [0.25, 0.3) is 31.8 Å². The first-order valence-electron chi connectivity index (χ1n) is 8.33. The smallest absolute Gasteiger partial charge is 0.346 e. The number of fused-ring (bicyclic) bond motifs is 2. The molecule has 2 aromatic carbocycles. The SMILES string of the molecule is CN(CC(=O)O)Cc1cccc2cc(-c3nc4ccccc4s3)c(=O)oc12. The van der Waals surface area contributed by atoms with Crippen LogP contribution in [-0.4, -0.2) is 34.6 Å². The van der Waals surface area contributed by atoms with Crippen LogP contribution in [0.1, 0.15) is 5.56 Å². The van der Waals surface area contributed by atoms with Gasteiger partial charge in [0.05, 0.1) is 22.3 Å². The van der Waals surface area contributed by atoms with Gasteiger partial charge in [-0.05, 0) is 25.2 Å². The summed E-state index contributed by atoms with van der Waals surface area (Å²) in [7, 11) is 1.71. The van der Waals surface area contributed by atoms with E-state index in [-0.39, 0.29) is 6.54 Å². The van der Waals surface area contributed by atoms with E-state index in [0.29, 0.717) is 22.7 Å². The van der Waals surface area contributed by atoms with Gasteiger partial charge in [-0.15, -0.1) is 11.3 Å². The number of carbonyl (C=O) groups is 1. The van der Waals surface area contributed by atoms with Crippen molar-refractivity contribution in [1.29, 1.82) is 0 Å². The Morgan fingerprint density at radius 3 is 2.81 bits per heavy atom. The molecule has 27 heavy (non-hydrogen) atoms. The average molecular weight is 380 g/mol. The fourth-order valence-electron chi connectivity index (χ4n) is 3.04. The van der Waals surface area contributed by atoms with E-state index in [2.05, 4.69) is 4.98 Å². The molecule has 136 valence electrons. The predicted molar refractivity (Wildman–Crippen MR) is 105 cm³/mol. The highest BCUT2D eigenvalue weighted by Crippen LogP contribution is 2.30. The van der Waals surface area contributed by atoms with Gasteiger partial charge >= 0.3 is 11.6 Å². The van der Waals surface area contributed by atoms with E-state index in [4.69, 9.17) is 9.52 Å². The third kappa shape index (κ3) is 3.47. The van der Waals surface area contributed by atoms with Crippen molar-refractivity contribution in [3.63, 3.8) is 0 Å². The lowest BCUT2D eigenvalue weighted by molar-refractivity contribution is -0.138. The van der Waals surface area contributed by atoms with Gasteiger partial charge < -0.3 is 9.52 Å². The monoisotopic (exact) mass is 380 g/mol. The molecule has 2 heterocycles. The zero-order valence-corrected chi connectivity index (χ0v) is 15.3. The van der Waals surface area contributed by atoms with Gasteiger partial charge in [0, 0.05) is 17.5 Å². The molecule has 4 aromatic rings. The third-order valence-electron chi connectivity index (χ3n) is 4.21. The number of nitrogens with zero attached hydrogens (tertiary/aromatic N) is 2. The summed E-state index contributed by atoms with van der Waals surface area (Å²) in [5, 5.41) is 10.3. The first-order valence-corrected chi connectivity index (χ1v) is 9.15. The highest BCUT2D eigenvalue weighted by atomic mass is 32.1. The van der Waals surface area contributed by atoms with Crippen molar-refractivity contribution >= 4 is 38.5 Å². The Balaban J connectivity index is 1.78. The predicted octanol–water partition coefficient (Wildman–Crippen LogP) is 3.59. The number of thiazole rings is 1. The lowest BCUT2D eigenvalue weighted by Crippen LogP contribution is -2.25. The average Bonchev–Trinajstić information content (AvgIpc) is 3.05. The molecule has 0 atom stereocenters. The van der Waals surface area contributed by atoms with E-state index >= 15 is 0 Å². The van der Waals surface area contributed by atoms with Crippen LogP contribution in [0.2, 0.25) is 0 Å². The van der Waals surface area contributed by atoms with Crippen molar-refractivity contribution in [2.45, 2.75) is 6.54 Å². The van der Waals surface area contributed by atoms with Crippen molar-refractivity contribution in [2.24, 2.45) is 0 Å². The maximum atomic E-state index is 12.6. The Kier molecular flexibility index (Phi) is 4.47. The molecule has 1 N–H and O–H groups in total. The topological polar surface area (TPSA) is 83.6 Å². The fourth-order valence-corrected chi connectivity index (χ4v) is 4.01. The summed E-state index contributed by atoms with van der Waals surface area (Å²) in [6, 6.07) is 15.1. The summed E-state index contributed by atoms with van der Waals surface area (Å²) >= 11 is 1.45. The van der Waals surface area contributed by atoms with Gasteiger partial charge in [0.25, 0.3) is 0 Å². The van der Waals surface area contributed by atoms with Crippen LogP contribution >= 0.6 is 11.3 Å². The Morgan fingerprint density at radius 1 is 1.22 bits per heavy atom. The first kappa shape index (κ1) is 17.4. The van der Waals surface area contributed by atoms with Gasteiger partial charge in [0.2, 0.25) is 0 Å². The molecular weight excluding hydrogens is 364 g/mol. The second-order valence-corrected chi connectivity index (χ2v) is 7.37. The van der Waals surface area contributed by atoms with Crippen molar-refractivity contribution in [3.8, 4) is 10.6 Å². The number of aromatic nitrogens is 1. The van der Waals surface area contributed by atoms with E-state index in [9.17, 15) is 9.59 Å². The van der Waals surface area contributed by atoms with Gasteiger partial charge in [-0.1, -0.05) is 30.3 Å². The van der Waals surface area contributed by atoms with E-state index in [0.717, 1.165) is 21.2 Å². The molecule has 0 fully saturated rings. The quantitative estimate of drug-likeness (QED) is 0.533. The molecule has 2 aromatic heterocycles. The largest absolute Gasteiger partial charge is 0.480 e. The summed E-state index contributed by atoms with van der Waals surface area (Å²) in [6.07, 6.45) is 0. The van der Waals surface area contributed by atoms with Crippen LogP contribution in [0.15, 0.2) is 57.7 Å². The molecule has 6 nitrogen and oxygen atoms in total. The Bertz CT molecular complexity index is 1180. The molecule has 7 heteroatoms. The molecule has 0 aliphatic rings. The lowest BCUT2D eigenvalue weighted by Gasteiger charge is -2.14. The number of rotatable bonds is 5. The number of hydrogen-bond acceptors (Lipinski definition) is 6. The molecule has 0 aliphatic carbocycles. The van der Waals surface area contributed by atoms with Crippen LogP contribution in [-0.2, 0) is 11.3 Å². The summed E-state index contributed by atoms with van der Waals surface area (Å²) in [5.41, 5.74) is 2.07. The molecule has 0 unspecified atom stereocenters. The minimum atomic E-state index is -0.905. The van der Waals surface area contributed by atoms with E-state index < -0.39 is 11.6 Å². The maximum absolute atomic E-state index is 12.6. The van der Waals surface area contributed by atoms with E-state index in [1.54, 1.807) is 18.0 Å². The summed E-state index contributed by atoms with van der Waals surface area (Å²) in [6.45, 7) is 0.275. The number of benzene rings is 2. The number of hydrogen-bond donors (Lipinski definition) is 1. The maximum Gasteiger partial charge on any atom is 0.346 e. The van der Waals surface area contributed by atoms with Crippen molar-refractivity contribution in [3.05, 3.63) is 64.5 Å². The van der Waals surface area contributed by atoms with Gasteiger partial charge in [-0.2, -0.15) is 0 Å². The van der Waals surface area contributed by atoms with E-state index in [1.165, 1.54) is 11.3 Å². The number of para-hydroxylation sites is 2. The number of aliphatic carboxylic acids is 1. The Hall–Kier alpha value is -3.03. The van der Waals surface area contributed by atoms with Gasteiger partial charge in [0.1, 0.15) is 10.6 Å². The molecule has 0 bridgehead atoms. The number of carboxylic acids is 1. The molecule has 0 aliphatic heterocycles. The lowest BCUT2D eigenvalue weighted by atomic mass is 10.1. The fraction of sp³-hybridized carbons (Fsp3) is 0.150. The number of likely N-dealkylation sites (N-methyl/N-ethyl adjacent to an activating group) is 1. The van der Waals surface area contributed by atoms with Crippen LogP contribution in [0.5, 0.6) is 0 Å². The van der Waals surface area contributed by atoms with Crippen LogP contribution in [0.3, 0.4) is 0 Å². The zero-order chi connectivity index (χ0) is 19.0. The van der Waals surface area contributed by atoms with Gasteiger partial charge in [0.15, 0.2) is 0 Å². The standard InChI is InChI=1S/C20H16N2O4S/c1-22(11-17(23)24)10-13-6-4-5-12-9-14(20(25)26-18(12)13)19-21-15-7-2-3-8-16(15)27-19/h2-9H,10-11H2,1H3,(H,23,24). The summed E-state index contributed by atoms with van der Waals surface area (Å²) in [5.74, 6) is -0.905. The molecule has 0 saturated heterocycles. The highest BCUT2D eigenvalue weighted by Gasteiger charge is 2.15. The molecule has 4 rings (SSSR count). The first-order chi connectivity index (χ1) is 13.0. The van der Waals surface area contributed by atoms with Gasteiger partial charge in [-0.3, -0.25) is 9.69 Å². The van der Waals surface area contributed by atoms with E-state index in [1.807, 2.05) is 42.5 Å². The molecule has 0 saturated carbocycles. The Morgan fingerprint density at radius 2 is 2.04 bits per heavy atom. The third-order valence-corrected chi connectivity index (χ3v) is 5.28. The van der Waals surface area contributed by atoms with Crippen LogP contribution < -0.4 is 5.63 Å². The number of carboxylic acid groups (broad SMARTS) is 1. The molecule has 0 radical (unpaired) electrons.